The molecule has 3 heteroatoms. The molecule has 0 spiro atoms. The largest absolute Gasteiger partial charge is 0.377 e. The molecule has 3 nitrogen and oxygen atoms in total. The zero-order valence-electron chi connectivity index (χ0n) is 4.54. The van der Waals surface area contributed by atoms with E-state index in [0.29, 0.717) is 19.8 Å². The summed E-state index contributed by atoms with van der Waals surface area (Å²) in [5.74, 6) is 0. The number of morpholine rings is 1. The summed E-state index contributed by atoms with van der Waals surface area (Å²) in [7, 11) is 0. The molecule has 0 atom stereocenters. The zero-order valence-corrected chi connectivity index (χ0v) is 4.54. The smallest absolute Gasteiger partial charge is 0.210 e. The molecule has 0 N–H and O–H groups in total. The van der Waals surface area contributed by atoms with Crippen molar-refractivity contribution in [3.05, 3.63) is 6.54 Å². The molecule has 0 aromatic rings. The van der Waals surface area contributed by atoms with Crippen molar-refractivity contribution in [2.75, 3.05) is 19.8 Å². The lowest BCUT2D eigenvalue weighted by molar-refractivity contribution is -0.119. The van der Waals surface area contributed by atoms with E-state index in [4.69, 9.17) is 4.74 Å². The van der Waals surface area contributed by atoms with Crippen LogP contribution in [0, 0.1) is 6.54 Å². The first-order valence-corrected chi connectivity index (χ1v) is 2.55. The number of hydrogen-bond acceptors (Lipinski definition) is 2. The maximum atomic E-state index is 10.00. The maximum absolute atomic E-state index is 10.00. The molecule has 1 heterocycles. The van der Waals surface area contributed by atoms with Gasteiger partial charge in [-0.2, -0.15) is 0 Å². The predicted octanol–water partition coefficient (Wildman–Crippen LogP) is -0.363. The van der Waals surface area contributed by atoms with E-state index in [0.717, 1.165) is 6.41 Å². The van der Waals surface area contributed by atoms with Crippen LogP contribution in [-0.2, 0) is 9.53 Å². The van der Waals surface area contributed by atoms with Crippen LogP contribution in [0.15, 0.2) is 0 Å². The van der Waals surface area contributed by atoms with E-state index in [-0.39, 0.29) is 0 Å². The van der Waals surface area contributed by atoms with Crippen molar-refractivity contribution in [1.29, 1.82) is 0 Å². The Kier molecular flexibility index (Phi) is 1.86. The highest BCUT2D eigenvalue weighted by Crippen LogP contribution is 1.95. The van der Waals surface area contributed by atoms with Gasteiger partial charge in [0.1, 0.15) is 0 Å². The standard InChI is InChI=1S/C5H8NO2/c7-5-6-1-3-8-4-2-6/h1,5H,2-4H2. The van der Waals surface area contributed by atoms with Crippen molar-refractivity contribution >= 4 is 6.41 Å². The summed E-state index contributed by atoms with van der Waals surface area (Å²) >= 11 is 0. The second-order valence-electron chi connectivity index (χ2n) is 1.60. The molecule has 0 saturated carbocycles. The van der Waals surface area contributed by atoms with Gasteiger partial charge in [0.05, 0.1) is 19.8 Å². The normalized spacial score (nSPS) is 20.8. The molecule has 1 radical (unpaired) electrons. The fraction of sp³-hybridized carbons (Fsp3) is 0.600. The Morgan fingerprint density at radius 2 is 2.62 bits per heavy atom. The van der Waals surface area contributed by atoms with Crippen LogP contribution in [0.25, 0.3) is 0 Å². The molecule has 1 fully saturated rings. The van der Waals surface area contributed by atoms with E-state index >= 15 is 0 Å². The lowest BCUT2D eigenvalue weighted by atomic mass is 10.5. The van der Waals surface area contributed by atoms with Gasteiger partial charge < -0.3 is 9.64 Å². The van der Waals surface area contributed by atoms with Crippen molar-refractivity contribution in [1.82, 2.24) is 4.90 Å². The minimum absolute atomic E-state index is 0.568. The van der Waals surface area contributed by atoms with E-state index < -0.39 is 0 Å². The fourth-order valence-electron chi connectivity index (χ4n) is 0.589. The first-order chi connectivity index (χ1) is 3.93. The molecule has 0 bridgehead atoms. The van der Waals surface area contributed by atoms with Crippen molar-refractivity contribution in [2.45, 2.75) is 0 Å². The molecule has 0 aliphatic carbocycles. The monoisotopic (exact) mass is 114 g/mol. The van der Waals surface area contributed by atoms with E-state index in [1.54, 1.807) is 11.4 Å². The zero-order chi connectivity index (χ0) is 5.82. The van der Waals surface area contributed by atoms with Gasteiger partial charge in [-0.3, -0.25) is 4.79 Å². The Balaban J connectivity index is 2.22. The number of carbonyl (C=O) groups excluding carboxylic acids is 1. The van der Waals surface area contributed by atoms with Crippen LogP contribution < -0.4 is 0 Å². The Morgan fingerprint density at radius 3 is 3.00 bits per heavy atom. The third kappa shape index (κ3) is 1.20. The summed E-state index contributed by atoms with van der Waals surface area (Å²) in [4.78, 5) is 11.6. The van der Waals surface area contributed by atoms with Crippen LogP contribution in [0.1, 0.15) is 0 Å². The molecule has 1 aliphatic heterocycles. The molecule has 8 heavy (non-hydrogen) atoms. The number of carbonyl (C=O) groups is 1. The van der Waals surface area contributed by atoms with Crippen molar-refractivity contribution in [2.24, 2.45) is 0 Å². The first kappa shape index (κ1) is 5.56. The third-order valence-electron chi connectivity index (χ3n) is 1.06. The van der Waals surface area contributed by atoms with Gasteiger partial charge in [-0.25, -0.2) is 0 Å². The van der Waals surface area contributed by atoms with Crippen molar-refractivity contribution < 1.29 is 9.53 Å². The molecular formula is C5H8NO2. The molecule has 0 unspecified atom stereocenters. The summed E-state index contributed by atoms with van der Waals surface area (Å²) in [5.41, 5.74) is 0. The van der Waals surface area contributed by atoms with E-state index in [2.05, 4.69) is 0 Å². The summed E-state index contributed by atoms with van der Waals surface area (Å²) in [6.45, 7) is 3.66. The van der Waals surface area contributed by atoms with E-state index in [1.165, 1.54) is 0 Å². The van der Waals surface area contributed by atoms with Gasteiger partial charge in [-0.15, -0.1) is 0 Å². The second kappa shape index (κ2) is 2.67. The SMILES string of the molecule is O=CN1[CH]COCC1. The first-order valence-electron chi connectivity index (χ1n) is 2.55. The molecule has 1 amide bonds. The molecule has 1 rings (SSSR count). The fourth-order valence-corrected chi connectivity index (χ4v) is 0.589. The minimum atomic E-state index is 0.568. The molecule has 1 saturated heterocycles. The maximum Gasteiger partial charge on any atom is 0.210 e. The van der Waals surface area contributed by atoms with Crippen LogP contribution in [0.2, 0.25) is 0 Å². The lowest BCUT2D eigenvalue weighted by Crippen LogP contribution is -2.30. The van der Waals surface area contributed by atoms with Gasteiger partial charge in [-0.05, 0) is 0 Å². The predicted molar refractivity (Wildman–Crippen MR) is 27.9 cm³/mol. The van der Waals surface area contributed by atoms with Gasteiger partial charge in [0.25, 0.3) is 0 Å². The molecule has 0 aromatic heterocycles. The Bertz CT molecular complexity index is 78.5. The molecular weight excluding hydrogens is 106 g/mol. The Hall–Kier alpha value is -0.570. The highest BCUT2D eigenvalue weighted by molar-refractivity contribution is 5.48. The molecule has 45 valence electrons. The van der Waals surface area contributed by atoms with Gasteiger partial charge in [-0.1, -0.05) is 0 Å². The van der Waals surface area contributed by atoms with Gasteiger partial charge in [0.2, 0.25) is 6.41 Å². The Morgan fingerprint density at radius 1 is 1.75 bits per heavy atom. The van der Waals surface area contributed by atoms with Crippen molar-refractivity contribution in [3.8, 4) is 0 Å². The Labute approximate surface area is 48.2 Å². The quantitative estimate of drug-likeness (QED) is 0.435. The summed E-state index contributed by atoms with van der Waals surface area (Å²) in [6.07, 6.45) is 0.808. The lowest BCUT2D eigenvalue weighted by Gasteiger charge is -2.21. The number of amides is 1. The molecule has 0 aromatic carbocycles. The minimum Gasteiger partial charge on any atom is -0.377 e. The van der Waals surface area contributed by atoms with Crippen LogP contribution in [0.5, 0.6) is 0 Å². The van der Waals surface area contributed by atoms with Gasteiger partial charge >= 0.3 is 0 Å². The van der Waals surface area contributed by atoms with E-state index in [1.807, 2.05) is 0 Å². The topological polar surface area (TPSA) is 29.5 Å². The van der Waals surface area contributed by atoms with Crippen LogP contribution in [-0.4, -0.2) is 31.1 Å². The van der Waals surface area contributed by atoms with Gasteiger partial charge in [0.15, 0.2) is 0 Å². The number of ether oxygens (including phenoxy) is 1. The summed E-state index contributed by atoms with van der Waals surface area (Å²) in [5, 5.41) is 0. The average Bonchev–Trinajstić information content (AvgIpc) is 1.90. The number of rotatable bonds is 1. The third-order valence-corrected chi connectivity index (χ3v) is 1.06. The van der Waals surface area contributed by atoms with Gasteiger partial charge in [0, 0.05) is 6.54 Å². The number of hydrogen-bond donors (Lipinski definition) is 0. The molecule has 1 aliphatic rings. The summed E-state index contributed by atoms with van der Waals surface area (Å²) in [6, 6.07) is 0. The average molecular weight is 114 g/mol. The van der Waals surface area contributed by atoms with E-state index in [9.17, 15) is 4.79 Å². The second-order valence-corrected chi connectivity index (χ2v) is 1.60. The van der Waals surface area contributed by atoms with Crippen LogP contribution in [0.4, 0.5) is 0 Å². The summed E-state index contributed by atoms with van der Waals surface area (Å²) < 4.78 is 4.95. The number of nitrogens with zero attached hydrogens (tertiary/aromatic N) is 1. The highest BCUT2D eigenvalue weighted by Gasteiger charge is 2.06. The highest BCUT2D eigenvalue weighted by atomic mass is 16.5. The van der Waals surface area contributed by atoms with Crippen LogP contribution in [0.3, 0.4) is 0 Å². The van der Waals surface area contributed by atoms with Crippen molar-refractivity contribution in [3.63, 3.8) is 0 Å². The van der Waals surface area contributed by atoms with Crippen LogP contribution >= 0.6 is 0 Å².